The summed E-state index contributed by atoms with van der Waals surface area (Å²) in [5.74, 6) is -0.823. The maximum absolute atomic E-state index is 13.0. The molecule has 1 atom stereocenters. The fourth-order valence-corrected chi connectivity index (χ4v) is 4.65. The molecule has 4 rings (SSSR count). The minimum Gasteiger partial charge on any atom is -0.507 e. The Morgan fingerprint density at radius 3 is 2.81 bits per heavy atom. The lowest BCUT2D eigenvalue weighted by atomic mass is 9.99. The van der Waals surface area contributed by atoms with Gasteiger partial charge in [0.15, 0.2) is 0 Å². The molecule has 32 heavy (non-hydrogen) atoms. The first-order valence-corrected chi connectivity index (χ1v) is 11.5. The summed E-state index contributed by atoms with van der Waals surface area (Å²) in [6.45, 7) is 3.64. The van der Waals surface area contributed by atoms with Crippen LogP contribution in [0, 0.1) is 0 Å². The first kappa shape index (κ1) is 21.8. The number of likely N-dealkylation sites (tertiary alicyclic amines) is 1. The molecule has 0 bridgehead atoms. The number of imidazole rings is 1. The van der Waals surface area contributed by atoms with Crippen LogP contribution < -0.4 is 4.74 Å². The number of carbonyl (C=O) groups is 2. The number of amides is 1. The number of thiophene rings is 1. The van der Waals surface area contributed by atoms with E-state index in [4.69, 9.17) is 4.74 Å². The number of aliphatic hydroxyl groups is 1. The Kier molecular flexibility index (Phi) is 6.70. The molecule has 1 saturated heterocycles. The molecule has 1 aromatic carbocycles. The summed E-state index contributed by atoms with van der Waals surface area (Å²) < 4.78 is 7.59. The molecule has 0 aliphatic carbocycles. The molecular formula is C24H25N3O4S. The highest BCUT2D eigenvalue weighted by atomic mass is 32.1. The Balaban J connectivity index is 1.66. The van der Waals surface area contributed by atoms with Crippen LogP contribution in [0.3, 0.4) is 0 Å². The zero-order chi connectivity index (χ0) is 22.5. The Bertz CT molecular complexity index is 1110. The summed E-state index contributed by atoms with van der Waals surface area (Å²) in [7, 11) is 0. The van der Waals surface area contributed by atoms with Gasteiger partial charge >= 0.3 is 0 Å². The van der Waals surface area contributed by atoms with Crippen LogP contribution in [0.25, 0.3) is 5.76 Å². The second kappa shape index (κ2) is 9.82. The highest BCUT2D eigenvalue weighted by Gasteiger charge is 2.46. The minimum atomic E-state index is -0.664. The second-order valence-electron chi connectivity index (χ2n) is 7.54. The van der Waals surface area contributed by atoms with Crippen LogP contribution in [0.2, 0.25) is 0 Å². The van der Waals surface area contributed by atoms with E-state index in [1.807, 2.05) is 35.2 Å². The van der Waals surface area contributed by atoms with Gasteiger partial charge in [-0.3, -0.25) is 9.59 Å². The quantitative estimate of drug-likeness (QED) is 0.299. The molecule has 166 valence electrons. The lowest BCUT2D eigenvalue weighted by molar-refractivity contribution is -0.139. The van der Waals surface area contributed by atoms with Crippen LogP contribution in [-0.4, -0.2) is 44.4 Å². The summed E-state index contributed by atoms with van der Waals surface area (Å²) >= 11 is 1.46. The van der Waals surface area contributed by atoms with Crippen molar-refractivity contribution in [2.45, 2.75) is 32.4 Å². The van der Waals surface area contributed by atoms with Crippen LogP contribution in [0.4, 0.5) is 0 Å². The van der Waals surface area contributed by atoms with Gasteiger partial charge < -0.3 is 19.3 Å². The van der Waals surface area contributed by atoms with Crippen LogP contribution in [0.5, 0.6) is 5.75 Å². The summed E-state index contributed by atoms with van der Waals surface area (Å²) in [5, 5.41) is 13.0. The Hall–Kier alpha value is -3.39. The number of hydrogen-bond donors (Lipinski definition) is 1. The van der Waals surface area contributed by atoms with Gasteiger partial charge in [0.25, 0.3) is 11.7 Å². The summed E-state index contributed by atoms with van der Waals surface area (Å²) in [5.41, 5.74) is 0.573. The third-order valence-corrected chi connectivity index (χ3v) is 6.23. The van der Waals surface area contributed by atoms with Crippen molar-refractivity contribution in [3.05, 3.63) is 76.5 Å². The maximum atomic E-state index is 13.0. The number of aryl methyl sites for hydroxylation is 1. The number of aliphatic hydroxyl groups excluding tert-OH is 1. The number of rotatable bonds is 9. The second-order valence-corrected chi connectivity index (χ2v) is 8.52. The molecule has 0 saturated carbocycles. The number of ketones is 1. The average molecular weight is 452 g/mol. The number of ether oxygens (including phenoxy) is 1. The first-order valence-electron chi connectivity index (χ1n) is 10.6. The van der Waals surface area contributed by atoms with Crippen molar-refractivity contribution in [2.75, 3.05) is 13.2 Å². The van der Waals surface area contributed by atoms with Gasteiger partial charge in [-0.25, -0.2) is 4.98 Å². The first-order chi connectivity index (χ1) is 15.6. The molecule has 2 aromatic heterocycles. The van der Waals surface area contributed by atoms with E-state index in [9.17, 15) is 14.7 Å². The molecule has 1 aliphatic heterocycles. The number of aromatic nitrogens is 2. The molecule has 3 aromatic rings. The summed E-state index contributed by atoms with van der Waals surface area (Å²) in [4.78, 5) is 32.4. The molecule has 8 heteroatoms. The number of Topliss-reactive ketones (excluding diaryl/α,β-unsaturated/α-hetero) is 1. The smallest absolute Gasteiger partial charge is 0.295 e. The van der Waals surface area contributed by atoms with Gasteiger partial charge in [-0.1, -0.05) is 25.1 Å². The standard InChI is InChI=1S/C24H25N3O4S/c1-2-13-31-18-7-3-6-17(15-18)22(28)20-21(19-8-4-14-32-19)27(24(30)23(20)29)11-5-10-26-12-9-25-16-26/h3-4,6-9,12,14-16,21,28H,2,5,10-11,13H2,1H3/t21-/m0/s1. The number of nitrogens with zero attached hydrogens (tertiary/aromatic N) is 3. The highest BCUT2D eigenvalue weighted by molar-refractivity contribution is 7.10. The van der Waals surface area contributed by atoms with Gasteiger partial charge in [0, 0.05) is 35.9 Å². The number of hydrogen-bond acceptors (Lipinski definition) is 6. The largest absolute Gasteiger partial charge is 0.507 e. The van der Waals surface area contributed by atoms with E-state index < -0.39 is 17.7 Å². The Labute approximate surface area is 190 Å². The minimum absolute atomic E-state index is 0.118. The van der Waals surface area contributed by atoms with Gasteiger partial charge in [0.05, 0.1) is 24.5 Å². The van der Waals surface area contributed by atoms with Gasteiger partial charge in [0.2, 0.25) is 0 Å². The van der Waals surface area contributed by atoms with Gasteiger partial charge in [0.1, 0.15) is 11.5 Å². The third kappa shape index (κ3) is 4.45. The van der Waals surface area contributed by atoms with Crippen molar-refractivity contribution in [2.24, 2.45) is 0 Å². The van der Waals surface area contributed by atoms with E-state index >= 15 is 0 Å². The highest BCUT2D eigenvalue weighted by Crippen LogP contribution is 2.41. The molecule has 1 aliphatic rings. The van der Waals surface area contributed by atoms with E-state index in [2.05, 4.69) is 4.98 Å². The average Bonchev–Trinajstić information content (AvgIpc) is 3.56. The van der Waals surface area contributed by atoms with Gasteiger partial charge in [-0.05, 0) is 36.4 Å². The normalized spacial score (nSPS) is 17.8. The van der Waals surface area contributed by atoms with Crippen LogP contribution in [-0.2, 0) is 16.1 Å². The molecule has 0 spiro atoms. The Morgan fingerprint density at radius 1 is 1.22 bits per heavy atom. The molecule has 0 radical (unpaired) electrons. The predicted molar refractivity (Wildman–Crippen MR) is 122 cm³/mol. The van der Waals surface area contributed by atoms with E-state index in [-0.39, 0.29) is 11.3 Å². The van der Waals surface area contributed by atoms with Crippen molar-refractivity contribution < 1.29 is 19.4 Å². The zero-order valence-corrected chi connectivity index (χ0v) is 18.6. The SMILES string of the molecule is CCCOc1cccc(C(O)=C2C(=O)C(=O)N(CCCn3ccnc3)[C@H]2c2cccs2)c1. The van der Waals surface area contributed by atoms with Crippen LogP contribution >= 0.6 is 11.3 Å². The van der Waals surface area contributed by atoms with E-state index in [0.29, 0.717) is 37.4 Å². The zero-order valence-electron chi connectivity index (χ0n) is 17.8. The van der Waals surface area contributed by atoms with Gasteiger partial charge in [-0.15, -0.1) is 11.3 Å². The number of carbonyl (C=O) groups excluding carboxylic acids is 2. The van der Waals surface area contributed by atoms with E-state index in [1.54, 1.807) is 41.7 Å². The molecule has 1 amide bonds. The van der Waals surface area contributed by atoms with Crippen molar-refractivity contribution in [1.82, 2.24) is 14.5 Å². The van der Waals surface area contributed by atoms with E-state index in [1.165, 1.54) is 11.3 Å². The lowest BCUT2D eigenvalue weighted by Crippen LogP contribution is -2.31. The van der Waals surface area contributed by atoms with Crippen LogP contribution in [0.15, 0.2) is 66.1 Å². The van der Waals surface area contributed by atoms with Crippen molar-refractivity contribution >= 4 is 28.8 Å². The maximum Gasteiger partial charge on any atom is 0.295 e. The molecule has 0 unspecified atom stereocenters. The van der Waals surface area contributed by atoms with Crippen molar-refractivity contribution in [3.8, 4) is 5.75 Å². The molecule has 1 fully saturated rings. The van der Waals surface area contributed by atoms with E-state index in [0.717, 1.165) is 11.3 Å². The molecule has 7 nitrogen and oxygen atoms in total. The van der Waals surface area contributed by atoms with Gasteiger partial charge in [-0.2, -0.15) is 0 Å². The summed E-state index contributed by atoms with van der Waals surface area (Å²) in [6, 6.07) is 10.1. The van der Waals surface area contributed by atoms with Crippen LogP contribution in [0.1, 0.15) is 36.2 Å². The Morgan fingerprint density at radius 2 is 2.09 bits per heavy atom. The number of benzene rings is 1. The fraction of sp³-hybridized carbons (Fsp3) is 0.292. The predicted octanol–water partition coefficient (Wildman–Crippen LogP) is 4.25. The van der Waals surface area contributed by atoms with Crippen molar-refractivity contribution in [1.29, 1.82) is 0 Å². The molecule has 1 N–H and O–H groups in total. The summed E-state index contributed by atoms with van der Waals surface area (Å²) in [6.07, 6.45) is 6.80. The fourth-order valence-electron chi connectivity index (χ4n) is 3.80. The topological polar surface area (TPSA) is 84.7 Å². The monoisotopic (exact) mass is 451 g/mol. The lowest BCUT2D eigenvalue weighted by Gasteiger charge is -2.24. The molecular weight excluding hydrogens is 426 g/mol. The third-order valence-electron chi connectivity index (χ3n) is 5.31. The molecule has 3 heterocycles. The van der Waals surface area contributed by atoms with Crippen molar-refractivity contribution in [3.63, 3.8) is 0 Å².